The summed E-state index contributed by atoms with van der Waals surface area (Å²) in [6.45, 7) is 7.46. The van der Waals surface area contributed by atoms with Crippen molar-refractivity contribution in [3.8, 4) is 0 Å². The summed E-state index contributed by atoms with van der Waals surface area (Å²) in [6, 6.07) is 7.70. The molecule has 0 saturated carbocycles. The van der Waals surface area contributed by atoms with E-state index in [9.17, 15) is 5.11 Å². The molecular formula is C12H15BrO. The molecule has 0 heterocycles. The van der Waals surface area contributed by atoms with Gasteiger partial charge in [-0.1, -0.05) is 41.1 Å². The van der Waals surface area contributed by atoms with Gasteiger partial charge in [-0.3, -0.25) is 0 Å². The average Bonchev–Trinajstić information content (AvgIpc) is 2.17. The Morgan fingerprint density at radius 3 is 2.36 bits per heavy atom. The number of aliphatic hydroxyl groups is 1. The topological polar surface area (TPSA) is 20.2 Å². The van der Waals surface area contributed by atoms with Gasteiger partial charge in [0.25, 0.3) is 0 Å². The number of halogens is 1. The summed E-state index contributed by atoms with van der Waals surface area (Å²) in [4.78, 5) is 0. The van der Waals surface area contributed by atoms with E-state index in [1.54, 1.807) is 6.08 Å². The Bertz CT molecular complexity index is 314. The van der Waals surface area contributed by atoms with Crippen molar-refractivity contribution >= 4 is 15.9 Å². The van der Waals surface area contributed by atoms with Gasteiger partial charge >= 0.3 is 0 Å². The lowest BCUT2D eigenvalue weighted by atomic mass is 9.84. The Hall–Kier alpha value is -0.600. The molecule has 0 aliphatic rings. The van der Waals surface area contributed by atoms with Crippen molar-refractivity contribution in [1.29, 1.82) is 0 Å². The lowest BCUT2D eigenvalue weighted by Gasteiger charge is -2.28. The molecule has 0 radical (unpaired) electrons. The maximum atomic E-state index is 10.3. The van der Waals surface area contributed by atoms with Gasteiger partial charge in [-0.25, -0.2) is 0 Å². The molecular weight excluding hydrogens is 240 g/mol. The number of hydrogen-bond acceptors (Lipinski definition) is 1. The SMILES string of the molecule is C=C[C@H](C)[C@](C)(O)c1ccc(Br)cc1. The van der Waals surface area contributed by atoms with E-state index in [-0.39, 0.29) is 5.92 Å². The Labute approximate surface area is 93.6 Å². The van der Waals surface area contributed by atoms with Crippen LogP contribution in [-0.4, -0.2) is 5.11 Å². The highest BCUT2D eigenvalue weighted by atomic mass is 79.9. The molecule has 0 bridgehead atoms. The fraction of sp³-hybridized carbons (Fsp3) is 0.333. The lowest BCUT2D eigenvalue weighted by Crippen LogP contribution is -2.28. The molecule has 0 aliphatic carbocycles. The predicted octanol–water partition coefficient (Wildman–Crippen LogP) is 3.48. The van der Waals surface area contributed by atoms with Crippen LogP contribution in [-0.2, 0) is 5.60 Å². The Balaban J connectivity index is 3.03. The van der Waals surface area contributed by atoms with Gasteiger partial charge in [0.05, 0.1) is 5.60 Å². The van der Waals surface area contributed by atoms with Gasteiger partial charge in [0.2, 0.25) is 0 Å². The third-order valence-electron chi connectivity index (χ3n) is 2.67. The van der Waals surface area contributed by atoms with Crippen molar-refractivity contribution in [2.75, 3.05) is 0 Å². The first-order valence-electron chi connectivity index (χ1n) is 4.59. The zero-order valence-corrected chi connectivity index (χ0v) is 10.1. The minimum absolute atomic E-state index is 0.0312. The lowest BCUT2D eigenvalue weighted by molar-refractivity contribution is 0.0205. The first kappa shape index (κ1) is 11.5. The second-order valence-electron chi connectivity index (χ2n) is 3.68. The van der Waals surface area contributed by atoms with Crippen LogP contribution in [0.3, 0.4) is 0 Å². The van der Waals surface area contributed by atoms with E-state index < -0.39 is 5.60 Å². The van der Waals surface area contributed by atoms with Gasteiger partial charge in [-0.2, -0.15) is 0 Å². The van der Waals surface area contributed by atoms with Crippen molar-refractivity contribution in [3.05, 3.63) is 47.0 Å². The second kappa shape index (κ2) is 4.28. The molecule has 0 saturated heterocycles. The van der Waals surface area contributed by atoms with Crippen LogP contribution in [0.1, 0.15) is 19.4 Å². The van der Waals surface area contributed by atoms with Crippen LogP contribution < -0.4 is 0 Å². The molecule has 0 spiro atoms. The van der Waals surface area contributed by atoms with Crippen molar-refractivity contribution < 1.29 is 5.11 Å². The van der Waals surface area contributed by atoms with Gasteiger partial charge in [-0.15, -0.1) is 6.58 Å². The molecule has 76 valence electrons. The monoisotopic (exact) mass is 254 g/mol. The summed E-state index contributed by atoms with van der Waals surface area (Å²) in [5.74, 6) is 0.0312. The van der Waals surface area contributed by atoms with Crippen LogP contribution in [0, 0.1) is 5.92 Å². The number of benzene rings is 1. The maximum Gasteiger partial charge on any atom is 0.0928 e. The molecule has 0 aliphatic heterocycles. The summed E-state index contributed by atoms with van der Waals surface area (Å²) < 4.78 is 1.02. The zero-order chi connectivity index (χ0) is 10.8. The minimum Gasteiger partial charge on any atom is -0.385 e. The van der Waals surface area contributed by atoms with E-state index >= 15 is 0 Å². The Kier molecular flexibility index (Phi) is 3.51. The third-order valence-corrected chi connectivity index (χ3v) is 3.20. The largest absolute Gasteiger partial charge is 0.385 e. The van der Waals surface area contributed by atoms with E-state index in [1.807, 2.05) is 38.1 Å². The quantitative estimate of drug-likeness (QED) is 0.820. The van der Waals surface area contributed by atoms with Gasteiger partial charge in [0.15, 0.2) is 0 Å². The van der Waals surface area contributed by atoms with Crippen LogP contribution in [0.2, 0.25) is 0 Å². The fourth-order valence-corrected chi connectivity index (χ4v) is 1.54. The first-order chi connectivity index (χ1) is 6.48. The van der Waals surface area contributed by atoms with Gasteiger partial charge < -0.3 is 5.11 Å². The van der Waals surface area contributed by atoms with Crippen molar-refractivity contribution in [1.82, 2.24) is 0 Å². The molecule has 2 atom stereocenters. The summed E-state index contributed by atoms with van der Waals surface area (Å²) >= 11 is 3.36. The van der Waals surface area contributed by atoms with Crippen molar-refractivity contribution in [3.63, 3.8) is 0 Å². The highest BCUT2D eigenvalue weighted by Crippen LogP contribution is 2.30. The molecule has 14 heavy (non-hydrogen) atoms. The van der Waals surface area contributed by atoms with Crippen LogP contribution in [0.4, 0.5) is 0 Å². The smallest absolute Gasteiger partial charge is 0.0928 e. The van der Waals surface area contributed by atoms with E-state index in [0.29, 0.717) is 0 Å². The molecule has 2 heteroatoms. The van der Waals surface area contributed by atoms with Gasteiger partial charge in [0.1, 0.15) is 0 Å². The molecule has 0 aromatic heterocycles. The van der Waals surface area contributed by atoms with Crippen molar-refractivity contribution in [2.45, 2.75) is 19.4 Å². The third kappa shape index (κ3) is 2.25. The van der Waals surface area contributed by atoms with Gasteiger partial charge in [-0.05, 0) is 24.6 Å². The van der Waals surface area contributed by atoms with Crippen LogP contribution in [0.15, 0.2) is 41.4 Å². The first-order valence-corrected chi connectivity index (χ1v) is 5.38. The Morgan fingerprint density at radius 1 is 1.43 bits per heavy atom. The van der Waals surface area contributed by atoms with Crippen molar-refractivity contribution in [2.24, 2.45) is 5.92 Å². The standard InChI is InChI=1S/C12H15BrO/c1-4-9(2)12(3,14)10-5-7-11(13)8-6-10/h4-9,14H,1H2,2-3H3/t9-,12-/m0/s1. The molecule has 0 fully saturated rings. The minimum atomic E-state index is -0.845. The van der Waals surface area contributed by atoms with Crippen LogP contribution in [0.25, 0.3) is 0 Å². The van der Waals surface area contributed by atoms with E-state index in [0.717, 1.165) is 10.0 Å². The number of hydrogen-bond donors (Lipinski definition) is 1. The number of rotatable bonds is 3. The summed E-state index contributed by atoms with van der Waals surface area (Å²) in [7, 11) is 0. The average molecular weight is 255 g/mol. The molecule has 1 N–H and O–H groups in total. The molecule has 1 nitrogen and oxygen atoms in total. The summed E-state index contributed by atoms with van der Waals surface area (Å²) in [5.41, 5.74) is 0.0655. The fourth-order valence-electron chi connectivity index (χ4n) is 1.28. The Morgan fingerprint density at radius 2 is 1.93 bits per heavy atom. The summed E-state index contributed by atoms with van der Waals surface area (Å²) in [5, 5.41) is 10.3. The molecule has 1 aromatic carbocycles. The molecule has 0 unspecified atom stereocenters. The molecule has 1 rings (SSSR count). The van der Waals surface area contributed by atoms with E-state index in [4.69, 9.17) is 0 Å². The predicted molar refractivity (Wildman–Crippen MR) is 63.1 cm³/mol. The highest BCUT2D eigenvalue weighted by molar-refractivity contribution is 9.10. The van der Waals surface area contributed by atoms with E-state index in [1.165, 1.54) is 0 Å². The summed E-state index contributed by atoms with van der Waals surface area (Å²) in [6.07, 6.45) is 1.77. The molecule has 0 amide bonds. The second-order valence-corrected chi connectivity index (χ2v) is 4.59. The zero-order valence-electron chi connectivity index (χ0n) is 8.50. The van der Waals surface area contributed by atoms with Gasteiger partial charge in [0, 0.05) is 10.4 Å². The normalized spacial score (nSPS) is 17.1. The molecule has 1 aromatic rings. The van der Waals surface area contributed by atoms with Crippen LogP contribution >= 0.6 is 15.9 Å². The maximum absolute atomic E-state index is 10.3. The highest BCUT2D eigenvalue weighted by Gasteiger charge is 2.27. The van der Waals surface area contributed by atoms with E-state index in [2.05, 4.69) is 22.5 Å². The van der Waals surface area contributed by atoms with Crippen LogP contribution in [0.5, 0.6) is 0 Å².